The quantitative estimate of drug-likeness (QED) is 0.326. The summed E-state index contributed by atoms with van der Waals surface area (Å²) < 4.78 is 69.3. The molecule has 3 aromatic carbocycles. The van der Waals surface area contributed by atoms with E-state index in [1.807, 2.05) is 12.1 Å². The summed E-state index contributed by atoms with van der Waals surface area (Å²) in [6, 6.07) is 9.40. The highest BCUT2D eigenvalue weighted by atomic mass is 19.2. The zero-order valence-electron chi connectivity index (χ0n) is 16.4. The maximum atomic E-state index is 15.1. The Morgan fingerprint density at radius 1 is 0.700 bits per heavy atom. The van der Waals surface area contributed by atoms with Crippen molar-refractivity contribution in [3.63, 3.8) is 0 Å². The molecular weight excluding hydrogens is 399 g/mol. The SMILES string of the molecule is CCCCc1ccc(-c2c(O)cc(F)c(CCc3cc(F)c(F)c(F)c3)c2F)cc1. The molecule has 1 N–H and O–H groups in total. The third-order valence-electron chi connectivity index (χ3n) is 5.06. The number of rotatable bonds is 7. The van der Waals surface area contributed by atoms with Gasteiger partial charge in [-0.3, -0.25) is 0 Å². The van der Waals surface area contributed by atoms with E-state index in [0.29, 0.717) is 5.56 Å². The highest BCUT2D eigenvalue weighted by Gasteiger charge is 2.20. The van der Waals surface area contributed by atoms with Gasteiger partial charge in [-0.2, -0.15) is 0 Å². The van der Waals surface area contributed by atoms with Crippen LogP contribution in [0.5, 0.6) is 5.75 Å². The Labute approximate surface area is 171 Å². The second-order valence-corrected chi connectivity index (χ2v) is 7.22. The number of hydrogen-bond acceptors (Lipinski definition) is 1. The van der Waals surface area contributed by atoms with E-state index in [4.69, 9.17) is 0 Å². The molecule has 0 aliphatic heterocycles. The van der Waals surface area contributed by atoms with E-state index in [1.54, 1.807) is 12.1 Å². The summed E-state index contributed by atoms with van der Waals surface area (Å²) >= 11 is 0. The Morgan fingerprint density at radius 3 is 1.93 bits per heavy atom. The molecule has 3 rings (SSSR count). The molecule has 0 saturated carbocycles. The third-order valence-corrected chi connectivity index (χ3v) is 5.06. The van der Waals surface area contributed by atoms with Gasteiger partial charge in [0.2, 0.25) is 0 Å². The molecule has 0 atom stereocenters. The van der Waals surface area contributed by atoms with Crippen molar-refractivity contribution in [1.82, 2.24) is 0 Å². The van der Waals surface area contributed by atoms with E-state index < -0.39 is 34.8 Å². The Kier molecular flexibility index (Phi) is 6.75. The van der Waals surface area contributed by atoms with Crippen LogP contribution in [0.2, 0.25) is 0 Å². The summed E-state index contributed by atoms with van der Waals surface area (Å²) in [6.07, 6.45) is 2.61. The number of aryl methyl sites for hydroxylation is 2. The topological polar surface area (TPSA) is 20.2 Å². The van der Waals surface area contributed by atoms with Crippen LogP contribution in [0.3, 0.4) is 0 Å². The summed E-state index contributed by atoms with van der Waals surface area (Å²) in [5, 5.41) is 10.1. The minimum atomic E-state index is -1.59. The van der Waals surface area contributed by atoms with Crippen LogP contribution in [0.1, 0.15) is 36.5 Å². The van der Waals surface area contributed by atoms with Gasteiger partial charge in [-0.05, 0) is 54.5 Å². The molecule has 0 unspecified atom stereocenters. The second-order valence-electron chi connectivity index (χ2n) is 7.22. The third kappa shape index (κ3) is 4.64. The number of unbranched alkanes of at least 4 members (excludes halogenated alkanes) is 1. The van der Waals surface area contributed by atoms with Gasteiger partial charge >= 0.3 is 0 Å². The van der Waals surface area contributed by atoms with Gasteiger partial charge in [-0.15, -0.1) is 0 Å². The van der Waals surface area contributed by atoms with Crippen molar-refractivity contribution < 1.29 is 27.1 Å². The molecule has 0 aliphatic carbocycles. The molecule has 6 heteroatoms. The first kappa shape index (κ1) is 21.8. The molecule has 0 heterocycles. The molecule has 0 aliphatic rings. The molecule has 158 valence electrons. The van der Waals surface area contributed by atoms with Gasteiger partial charge in [0.15, 0.2) is 17.5 Å². The van der Waals surface area contributed by atoms with E-state index in [1.165, 1.54) is 0 Å². The summed E-state index contributed by atoms with van der Waals surface area (Å²) in [5.41, 5.74) is 1.08. The van der Waals surface area contributed by atoms with Gasteiger partial charge < -0.3 is 5.11 Å². The minimum absolute atomic E-state index is 0.0695. The van der Waals surface area contributed by atoms with Crippen molar-refractivity contribution in [3.05, 3.63) is 88.2 Å². The fourth-order valence-electron chi connectivity index (χ4n) is 3.39. The van der Waals surface area contributed by atoms with Crippen molar-refractivity contribution >= 4 is 0 Å². The summed E-state index contributed by atoms with van der Waals surface area (Å²) in [6.45, 7) is 2.08. The molecule has 0 spiro atoms. The van der Waals surface area contributed by atoms with Crippen molar-refractivity contribution in [2.45, 2.75) is 39.0 Å². The van der Waals surface area contributed by atoms with Crippen LogP contribution in [0, 0.1) is 29.1 Å². The Bertz CT molecular complexity index is 1020. The molecule has 0 aromatic heterocycles. The molecule has 30 heavy (non-hydrogen) atoms. The molecule has 0 radical (unpaired) electrons. The average molecular weight is 420 g/mol. The minimum Gasteiger partial charge on any atom is -0.507 e. The van der Waals surface area contributed by atoms with Crippen LogP contribution in [0.25, 0.3) is 11.1 Å². The second kappa shape index (κ2) is 9.28. The maximum absolute atomic E-state index is 15.1. The Hall–Kier alpha value is -2.89. The summed E-state index contributed by atoms with van der Waals surface area (Å²) in [4.78, 5) is 0. The fraction of sp³-hybridized carbons (Fsp3) is 0.250. The molecule has 0 bridgehead atoms. The first-order valence-electron chi connectivity index (χ1n) is 9.74. The van der Waals surface area contributed by atoms with Crippen LogP contribution in [-0.4, -0.2) is 5.11 Å². The number of phenolic OH excluding ortho intramolecular Hbond substituents is 1. The van der Waals surface area contributed by atoms with E-state index in [9.17, 15) is 22.7 Å². The van der Waals surface area contributed by atoms with Crippen LogP contribution in [0.15, 0.2) is 42.5 Å². The number of hydrogen-bond donors (Lipinski definition) is 1. The smallest absolute Gasteiger partial charge is 0.194 e. The van der Waals surface area contributed by atoms with Gasteiger partial charge in [-0.25, -0.2) is 22.0 Å². The van der Waals surface area contributed by atoms with Crippen LogP contribution in [-0.2, 0) is 19.3 Å². The largest absolute Gasteiger partial charge is 0.507 e. The zero-order valence-corrected chi connectivity index (χ0v) is 16.4. The monoisotopic (exact) mass is 420 g/mol. The summed E-state index contributed by atoms with van der Waals surface area (Å²) in [7, 11) is 0. The van der Waals surface area contributed by atoms with Crippen LogP contribution < -0.4 is 0 Å². The summed E-state index contributed by atoms with van der Waals surface area (Å²) in [5.74, 6) is -6.74. The molecule has 0 saturated heterocycles. The fourth-order valence-corrected chi connectivity index (χ4v) is 3.39. The lowest BCUT2D eigenvalue weighted by molar-refractivity contribution is 0.445. The number of benzene rings is 3. The predicted octanol–water partition coefficient (Wildman–Crippen LogP) is 6.88. The maximum Gasteiger partial charge on any atom is 0.194 e. The lowest BCUT2D eigenvalue weighted by Crippen LogP contribution is -2.03. The van der Waals surface area contributed by atoms with Crippen molar-refractivity contribution in [1.29, 1.82) is 0 Å². The standard InChI is InChI=1S/C24H21F5O/c1-2-3-4-14-5-8-16(9-6-14)22-21(30)13-18(25)17(23(22)28)10-7-15-11-19(26)24(29)20(27)12-15/h5-6,8-9,11-13,30H,2-4,7,10H2,1H3. The van der Waals surface area contributed by atoms with Gasteiger partial charge in [-0.1, -0.05) is 37.6 Å². The first-order chi connectivity index (χ1) is 14.3. The lowest BCUT2D eigenvalue weighted by atomic mass is 9.95. The molecule has 0 amide bonds. The van der Waals surface area contributed by atoms with Gasteiger partial charge in [0.05, 0.1) is 5.56 Å². The molecular formula is C24H21F5O. The van der Waals surface area contributed by atoms with Crippen LogP contribution in [0.4, 0.5) is 22.0 Å². The van der Waals surface area contributed by atoms with E-state index in [0.717, 1.165) is 43.0 Å². The van der Waals surface area contributed by atoms with Crippen molar-refractivity contribution in [2.75, 3.05) is 0 Å². The zero-order chi connectivity index (χ0) is 21.8. The molecule has 3 aromatic rings. The predicted molar refractivity (Wildman–Crippen MR) is 106 cm³/mol. The van der Waals surface area contributed by atoms with Gasteiger partial charge in [0.25, 0.3) is 0 Å². The molecule has 1 nitrogen and oxygen atoms in total. The number of aromatic hydroxyl groups is 1. The van der Waals surface area contributed by atoms with Crippen molar-refractivity contribution in [2.24, 2.45) is 0 Å². The first-order valence-corrected chi connectivity index (χ1v) is 9.74. The highest BCUT2D eigenvalue weighted by Crippen LogP contribution is 2.36. The van der Waals surface area contributed by atoms with Gasteiger partial charge in [0.1, 0.15) is 17.4 Å². The van der Waals surface area contributed by atoms with Crippen molar-refractivity contribution in [3.8, 4) is 16.9 Å². The van der Waals surface area contributed by atoms with Crippen LogP contribution >= 0.6 is 0 Å². The van der Waals surface area contributed by atoms with E-state index in [2.05, 4.69) is 6.92 Å². The Balaban J connectivity index is 1.90. The van der Waals surface area contributed by atoms with E-state index in [-0.39, 0.29) is 29.5 Å². The number of phenols is 1. The highest BCUT2D eigenvalue weighted by molar-refractivity contribution is 5.72. The van der Waals surface area contributed by atoms with Gasteiger partial charge in [0, 0.05) is 11.6 Å². The lowest BCUT2D eigenvalue weighted by Gasteiger charge is -2.13. The Morgan fingerprint density at radius 2 is 1.33 bits per heavy atom. The van der Waals surface area contributed by atoms with E-state index >= 15 is 4.39 Å². The molecule has 0 fully saturated rings. The number of halogens is 5. The normalized spacial score (nSPS) is 11.1. The average Bonchev–Trinajstić information content (AvgIpc) is 2.71.